The maximum absolute atomic E-state index is 12.0. The van der Waals surface area contributed by atoms with Gasteiger partial charge in [0.2, 0.25) is 0 Å². The molecule has 0 aliphatic carbocycles. The average Bonchev–Trinajstić information content (AvgIpc) is 2.92. The van der Waals surface area contributed by atoms with E-state index in [4.69, 9.17) is 0 Å². The highest BCUT2D eigenvalue weighted by Crippen LogP contribution is 2.16. The molecule has 20 heavy (non-hydrogen) atoms. The van der Waals surface area contributed by atoms with Crippen LogP contribution in [0.15, 0.2) is 34.9 Å². The molecule has 0 unspecified atom stereocenters. The quantitative estimate of drug-likeness (QED) is 0.762. The molecule has 0 spiro atoms. The van der Waals surface area contributed by atoms with E-state index in [0.29, 0.717) is 11.7 Å². The Hall–Kier alpha value is -1.51. The van der Waals surface area contributed by atoms with Gasteiger partial charge < -0.3 is 5.32 Å². The lowest BCUT2D eigenvalue weighted by atomic mass is 10.3. The van der Waals surface area contributed by atoms with E-state index in [1.54, 1.807) is 23.8 Å². The molecule has 0 aromatic carbocycles. The van der Waals surface area contributed by atoms with Crippen molar-refractivity contribution in [3.05, 3.63) is 35.5 Å². The van der Waals surface area contributed by atoms with Crippen LogP contribution in [0.2, 0.25) is 0 Å². The number of anilines is 1. The van der Waals surface area contributed by atoms with E-state index in [-0.39, 0.29) is 5.03 Å². The van der Waals surface area contributed by atoms with Crippen LogP contribution in [-0.2, 0) is 16.6 Å². The summed E-state index contributed by atoms with van der Waals surface area (Å²) in [5.41, 5.74) is 0.951. The van der Waals surface area contributed by atoms with Gasteiger partial charge in [0.1, 0.15) is 0 Å². The molecule has 6 nitrogen and oxygen atoms in total. The van der Waals surface area contributed by atoms with Crippen LogP contribution in [-0.4, -0.2) is 24.9 Å². The fourth-order valence-electron chi connectivity index (χ4n) is 1.53. The second-order valence-electron chi connectivity index (χ2n) is 4.12. The minimum Gasteiger partial charge on any atom is -0.313 e. The molecule has 2 N–H and O–H groups in total. The van der Waals surface area contributed by atoms with Crippen molar-refractivity contribution >= 4 is 26.5 Å². The smallest absolute Gasteiger partial charge is 0.281 e. The third kappa shape index (κ3) is 3.99. The topological polar surface area (TPSA) is 84.0 Å². The number of nitrogens with zero attached hydrogens (tertiary/aromatic N) is 2. The number of pyridine rings is 1. The van der Waals surface area contributed by atoms with E-state index in [0.717, 1.165) is 18.5 Å². The van der Waals surface area contributed by atoms with Gasteiger partial charge >= 0.3 is 0 Å². The molecule has 2 rings (SSSR count). The van der Waals surface area contributed by atoms with E-state index in [1.807, 2.05) is 0 Å². The molecule has 2 aromatic heterocycles. The first-order valence-electron chi connectivity index (χ1n) is 6.20. The minimum absolute atomic E-state index is 0.00746. The Balaban J connectivity index is 2.05. The molecule has 0 aliphatic heterocycles. The van der Waals surface area contributed by atoms with Gasteiger partial charge in [0.05, 0.1) is 0 Å². The number of sulfonamides is 1. The van der Waals surface area contributed by atoms with Crippen LogP contribution in [0.25, 0.3) is 0 Å². The van der Waals surface area contributed by atoms with Gasteiger partial charge in [-0.1, -0.05) is 13.0 Å². The van der Waals surface area contributed by atoms with Crippen LogP contribution in [0.1, 0.15) is 18.9 Å². The number of nitrogens with one attached hydrogen (secondary N) is 2. The molecule has 0 bridgehead atoms. The predicted molar refractivity (Wildman–Crippen MR) is 79.2 cm³/mol. The van der Waals surface area contributed by atoms with Crippen molar-refractivity contribution in [2.24, 2.45) is 0 Å². The summed E-state index contributed by atoms with van der Waals surface area (Å²) in [5, 5.41) is 5.26. The number of hydrogen-bond donors (Lipinski definition) is 2. The molecule has 2 aromatic rings. The molecule has 0 fully saturated rings. The molecule has 0 radical (unpaired) electrons. The SMILES string of the molecule is CCCNCc1ccc(S(=O)(=O)Nc2nccs2)nc1. The van der Waals surface area contributed by atoms with Crippen LogP contribution >= 0.6 is 11.3 Å². The molecule has 0 saturated heterocycles. The molecule has 8 heteroatoms. The lowest BCUT2D eigenvalue weighted by Crippen LogP contribution is -2.16. The summed E-state index contributed by atoms with van der Waals surface area (Å²) in [6.45, 7) is 3.69. The summed E-state index contributed by atoms with van der Waals surface area (Å²) in [6.07, 6.45) is 4.16. The largest absolute Gasteiger partial charge is 0.313 e. The zero-order chi connectivity index (χ0) is 14.4. The zero-order valence-electron chi connectivity index (χ0n) is 11.0. The number of hydrogen-bond acceptors (Lipinski definition) is 6. The van der Waals surface area contributed by atoms with Crippen molar-refractivity contribution in [1.29, 1.82) is 0 Å². The summed E-state index contributed by atoms with van der Waals surface area (Å²) < 4.78 is 26.5. The van der Waals surface area contributed by atoms with Crippen molar-refractivity contribution < 1.29 is 8.42 Å². The summed E-state index contributed by atoms with van der Waals surface area (Å²) in [6, 6.07) is 3.25. The minimum atomic E-state index is -3.66. The van der Waals surface area contributed by atoms with E-state index in [1.165, 1.54) is 17.4 Å². The Morgan fingerprint density at radius 1 is 1.30 bits per heavy atom. The second-order valence-corrected chi connectivity index (χ2v) is 6.65. The summed E-state index contributed by atoms with van der Waals surface area (Å²) in [5.74, 6) is 0. The van der Waals surface area contributed by atoms with Crippen LogP contribution in [0.3, 0.4) is 0 Å². The van der Waals surface area contributed by atoms with Gasteiger partial charge in [0.15, 0.2) is 10.2 Å². The van der Waals surface area contributed by atoms with Crippen LogP contribution in [0, 0.1) is 0 Å². The number of thiazole rings is 1. The van der Waals surface area contributed by atoms with Gasteiger partial charge in [-0.25, -0.2) is 9.97 Å². The Morgan fingerprint density at radius 2 is 2.15 bits per heavy atom. The summed E-state index contributed by atoms with van der Waals surface area (Å²) in [7, 11) is -3.66. The van der Waals surface area contributed by atoms with E-state index < -0.39 is 10.0 Å². The second kappa shape index (κ2) is 6.78. The summed E-state index contributed by atoms with van der Waals surface area (Å²) >= 11 is 1.22. The van der Waals surface area contributed by atoms with Gasteiger partial charge in [-0.2, -0.15) is 8.42 Å². The Morgan fingerprint density at radius 3 is 2.75 bits per heavy atom. The molecule has 0 amide bonds. The van der Waals surface area contributed by atoms with E-state index in [9.17, 15) is 8.42 Å². The monoisotopic (exact) mass is 312 g/mol. The van der Waals surface area contributed by atoms with Crippen molar-refractivity contribution in [2.45, 2.75) is 24.9 Å². The van der Waals surface area contributed by atoms with Gasteiger partial charge in [0.25, 0.3) is 10.0 Å². The summed E-state index contributed by atoms with van der Waals surface area (Å²) in [4.78, 5) is 7.88. The molecular weight excluding hydrogens is 296 g/mol. The van der Waals surface area contributed by atoms with Gasteiger partial charge in [0, 0.05) is 24.3 Å². The van der Waals surface area contributed by atoms with Crippen molar-refractivity contribution in [1.82, 2.24) is 15.3 Å². The van der Waals surface area contributed by atoms with Gasteiger partial charge in [-0.05, 0) is 24.6 Å². The first-order valence-corrected chi connectivity index (χ1v) is 8.56. The zero-order valence-corrected chi connectivity index (χ0v) is 12.7. The highest BCUT2D eigenvalue weighted by molar-refractivity contribution is 7.92. The first-order chi connectivity index (χ1) is 9.62. The van der Waals surface area contributed by atoms with Crippen LogP contribution in [0.5, 0.6) is 0 Å². The Labute approximate surface area is 122 Å². The standard InChI is InChI=1S/C12H16N4O2S2/c1-2-5-13-8-10-3-4-11(15-9-10)20(17,18)16-12-14-6-7-19-12/h3-4,6-7,9,13H,2,5,8H2,1H3,(H,14,16). The van der Waals surface area contributed by atoms with Gasteiger partial charge in [-0.15, -0.1) is 11.3 Å². The fourth-order valence-corrected chi connectivity index (χ4v) is 3.24. The van der Waals surface area contributed by atoms with Crippen LogP contribution < -0.4 is 10.0 Å². The average molecular weight is 312 g/mol. The molecule has 108 valence electrons. The lowest BCUT2D eigenvalue weighted by Gasteiger charge is -2.06. The van der Waals surface area contributed by atoms with E-state index >= 15 is 0 Å². The fraction of sp³-hybridized carbons (Fsp3) is 0.333. The molecule has 0 saturated carbocycles. The van der Waals surface area contributed by atoms with Crippen molar-refractivity contribution in [3.8, 4) is 0 Å². The maximum atomic E-state index is 12.0. The first kappa shape index (κ1) is 14.9. The van der Waals surface area contributed by atoms with Gasteiger partial charge in [-0.3, -0.25) is 4.72 Å². The third-order valence-corrected chi connectivity index (χ3v) is 4.55. The lowest BCUT2D eigenvalue weighted by molar-refractivity contribution is 0.597. The normalized spacial score (nSPS) is 11.4. The Bertz CT molecular complexity index is 624. The van der Waals surface area contributed by atoms with Crippen molar-refractivity contribution in [2.75, 3.05) is 11.3 Å². The molecular formula is C12H16N4O2S2. The van der Waals surface area contributed by atoms with E-state index in [2.05, 4.69) is 26.9 Å². The third-order valence-electron chi connectivity index (χ3n) is 2.48. The predicted octanol–water partition coefficient (Wildman–Crippen LogP) is 1.84. The van der Waals surface area contributed by atoms with Crippen molar-refractivity contribution in [3.63, 3.8) is 0 Å². The maximum Gasteiger partial charge on any atom is 0.281 e. The highest BCUT2D eigenvalue weighted by atomic mass is 32.2. The highest BCUT2D eigenvalue weighted by Gasteiger charge is 2.16. The molecule has 0 aliphatic rings. The Kier molecular flexibility index (Phi) is 5.05. The number of aromatic nitrogens is 2. The molecule has 2 heterocycles. The van der Waals surface area contributed by atoms with Crippen LogP contribution in [0.4, 0.5) is 5.13 Å². The molecule has 0 atom stereocenters. The number of rotatable bonds is 7.